The average Bonchev–Trinajstić information content (AvgIpc) is 3.58. The van der Waals surface area contributed by atoms with Crippen molar-refractivity contribution in [3.8, 4) is 27.9 Å². The maximum absolute atomic E-state index is 2.50. The maximum atomic E-state index is 2.50. The number of hydrogen-bond donors (Lipinski definition) is 0. The van der Waals surface area contributed by atoms with Gasteiger partial charge in [0.2, 0.25) is 0 Å². The molecule has 0 unspecified atom stereocenters. The van der Waals surface area contributed by atoms with Crippen LogP contribution in [0.15, 0.2) is 206 Å². The van der Waals surface area contributed by atoms with Gasteiger partial charge in [0, 0.05) is 38.8 Å². The average molecular weight is 663 g/mol. The van der Waals surface area contributed by atoms with Crippen LogP contribution in [-0.2, 0) is 0 Å². The molecular weight excluding hydrogens is 629 g/mol. The third-order valence-corrected chi connectivity index (χ3v) is 10.3. The Labute approximate surface area is 303 Å². The molecule has 0 atom stereocenters. The summed E-state index contributed by atoms with van der Waals surface area (Å²) >= 11 is 0. The van der Waals surface area contributed by atoms with Gasteiger partial charge in [0.15, 0.2) is 0 Å². The fourth-order valence-corrected chi connectivity index (χ4v) is 7.95. The molecule has 0 fully saturated rings. The number of aromatic nitrogens is 1. The Morgan fingerprint density at radius 2 is 0.923 bits per heavy atom. The first-order valence-corrected chi connectivity index (χ1v) is 17.9. The van der Waals surface area contributed by atoms with Gasteiger partial charge in [0.25, 0.3) is 0 Å². The van der Waals surface area contributed by atoms with Crippen LogP contribution in [0.25, 0.3) is 71.3 Å². The lowest BCUT2D eigenvalue weighted by atomic mass is 9.99. The summed E-state index contributed by atoms with van der Waals surface area (Å²) in [6.07, 6.45) is 0. The molecule has 0 N–H and O–H groups in total. The van der Waals surface area contributed by atoms with E-state index in [1.807, 2.05) is 0 Å². The van der Waals surface area contributed by atoms with E-state index in [-0.39, 0.29) is 0 Å². The molecule has 0 aliphatic heterocycles. The van der Waals surface area contributed by atoms with Gasteiger partial charge in [-0.25, -0.2) is 0 Å². The molecule has 0 aliphatic carbocycles. The number of benzene rings is 9. The molecule has 0 saturated carbocycles. The lowest BCUT2D eigenvalue weighted by molar-refractivity contribution is 1.19. The van der Waals surface area contributed by atoms with Crippen molar-refractivity contribution >= 4 is 60.4 Å². The third kappa shape index (κ3) is 4.96. The van der Waals surface area contributed by atoms with Crippen LogP contribution >= 0.6 is 0 Å². The summed E-state index contributed by atoms with van der Waals surface area (Å²) in [6.45, 7) is 0. The number of fused-ring (bicyclic) bond motifs is 6. The van der Waals surface area contributed by atoms with E-state index in [0.29, 0.717) is 0 Å². The largest absolute Gasteiger partial charge is 0.310 e. The van der Waals surface area contributed by atoms with Crippen LogP contribution in [0, 0.1) is 0 Å². The molecule has 10 aromatic rings. The van der Waals surface area contributed by atoms with Gasteiger partial charge in [0.1, 0.15) is 0 Å². The SMILES string of the molecule is c1ccc(-c2ccc(N(c3ccc4ccccc4c3)c3cc4ccccc4c4c3c3cccc(-c5ccccc5)c3n4-c3ccccc3)cc2)cc1. The number of hydrogen-bond acceptors (Lipinski definition) is 1. The van der Waals surface area contributed by atoms with E-state index in [4.69, 9.17) is 0 Å². The second kappa shape index (κ2) is 12.5. The Bertz CT molecular complexity index is 2870. The number of anilines is 3. The molecule has 1 aromatic heterocycles. The topological polar surface area (TPSA) is 8.17 Å². The monoisotopic (exact) mass is 662 g/mol. The predicted molar refractivity (Wildman–Crippen MR) is 221 cm³/mol. The third-order valence-electron chi connectivity index (χ3n) is 10.3. The van der Waals surface area contributed by atoms with Crippen molar-refractivity contribution in [3.05, 3.63) is 206 Å². The molecule has 0 amide bonds. The van der Waals surface area contributed by atoms with E-state index in [0.717, 1.165) is 22.7 Å². The predicted octanol–water partition coefficient (Wildman–Crippen LogP) is 13.9. The molecule has 1 heterocycles. The second-order valence-corrected chi connectivity index (χ2v) is 13.4. The Hall–Kier alpha value is -6.90. The summed E-state index contributed by atoms with van der Waals surface area (Å²) < 4.78 is 2.50. The zero-order valence-electron chi connectivity index (χ0n) is 28.5. The standard InChI is InChI=1S/C50H34N2/c1-4-15-35(16-5-1)37-27-30-42(31-28-37)51(43-32-29-36-17-10-11-20-39(36)33-43)47-34-40-21-12-13-24-45(40)50-48(47)46-26-14-25-44(38-18-6-2-7-19-38)49(46)52(50)41-22-8-3-9-23-41/h1-34H. The van der Waals surface area contributed by atoms with Crippen LogP contribution in [0.3, 0.4) is 0 Å². The summed E-state index contributed by atoms with van der Waals surface area (Å²) in [6, 6.07) is 74.7. The molecule has 52 heavy (non-hydrogen) atoms. The maximum Gasteiger partial charge on any atom is 0.0640 e. The van der Waals surface area contributed by atoms with E-state index in [9.17, 15) is 0 Å². The van der Waals surface area contributed by atoms with E-state index in [1.54, 1.807) is 0 Å². The van der Waals surface area contributed by atoms with Crippen LogP contribution in [0.2, 0.25) is 0 Å². The smallest absolute Gasteiger partial charge is 0.0640 e. The number of nitrogens with zero attached hydrogens (tertiary/aromatic N) is 2. The molecule has 0 spiro atoms. The van der Waals surface area contributed by atoms with E-state index in [2.05, 4.69) is 216 Å². The van der Waals surface area contributed by atoms with Crippen molar-refractivity contribution in [1.82, 2.24) is 4.57 Å². The zero-order chi connectivity index (χ0) is 34.4. The van der Waals surface area contributed by atoms with Gasteiger partial charge in [-0.3, -0.25) is 0 Å². The first kappa shape index (κ1) is 30.0. The first-order valence-electron chi connectivity index (χ1n) is 17.9. The second-order valence-electron chi connectivity index (χ2n) is 13.4. The summed E-state index contributed by atoms with van der Waals surface area (Å²) in [5.41, 5.74) is 11.7. The van der Waals surface area contributed by atoms with E-state index in [1.165, 1.54) is 65.6 Å². The molecule has 9 aromatic carbocycles. The van der Waals surface area contributed by atoms with Crippen LogP contribution in [-0.4, -0.2) is 4.57 Å². The zero-order valence-corrected chi connectivity index (χ0v) is 28.5. The van der Waals surface area contributed by atoms with E-state index < -0.39 is 0 Å². The molecule has 2 heteroatoms. The first-order chi connectivity index (χ1) is 25.8. The van der Waals surface area contributed by atoms with Gasteiger partial charge in [-0.05, 0) is 75.3 Å². The highest BCUT2D eigenvalue weighted by molar-refractivity contribution is 6.26. The number of rotatable bonds is 6. The van der Waals surface area contributed by atoms with Gasteiger partial charge >= 0.3 is 0 Å². The Morgan fingerprint density at radius 3 is 1.67 bits per heavy atom. The van der Waals surface area contributed by atoms with Crippen LogP contribution in [0.5, 0.6) is 0 Å². The molecule has 0 radical (unpaired) electrons. The van der Waals surface area contributed by atoms with Crippen LogP contribution in [0.1, 0.15) is 0 Å². The fourth-order valence-electron chi connectivity index (χ4n) is 7.95. The van der Waals surface area contributed by atoms with Gasteiger partial charge in [-0.2, -0.15) is 0 Å². The Balaban J connectivity index is 1.35. The van der Waals surface area contributed by atoms with Crippen LogP contribution < -0.4 is 4.90 Å². The van der Waals surface area contributed by atoms with Crippen molar-refractivity contribution < 1.29 is 0 Å². The highest BCUT2D eigenvalue weighted by Gasteiger charge is 2.25. The normalized spacial score (nSPS) is 11.5. The lowest BCUT2D eigenvalue weighted by Crippen LogP contribution is -2.10. The molecule has 0 saturated heterocycles. The molecule has 0 bridgehead atoms. The van der Waals surface area contributed by atoms with Crippen molar-refractivity contribution in [1.29, 1.82) is 0 Å². The quantitative estimate of drug-likeness (QED) is 0.172. The molecule has 0 aliphatic rings. The van der Waals surface area contributed by atoms with Gasteiger partial charge in [0.05, 0.1) is 16.7 Å². The van der Waals surface area contributed by atoms with Crippen molar-refractivity contribution in [2.75, 3.05) is 4.90 Å². The molecule has 10 rings (SSSR count). The van der Waals surface area contributed by atoms with Crippen molar-refractivity contribution in [3.63, 3.8) is 0 Å². The summed E-state index contributed by atoms with van der Waals surface area (Å²) in [5, 5.41) is 7.28. The molecule has 244 valence electrons. The number of para-hydroxylation sites is 2. The van der Waals surface area contributed by atoms with Gasteiger partial charge < -0.3 is 9.47 Å². The Morgan fingerprint density at radius 1 is 0.346 bits per heavy atom. The minimum atomic E-state index is 1.10. The minimum absolute atomic E-state index is 1.10. The molecular formula is C50H34N2. The van der Waals surface area contributed by atoms with Gasteiger partial charge in [-0.15, -0.1) is 0 Å². The van der Waals surface area contributed by atoms with Crippen LogP contribution in [0.4, 0.5) is 17.1 Å². The summed E-state index contributed by atoms with van der Waals surface area (Å²) in [7, 11) is 0. The molecule has 2 nitrogen and oxygen atoms in total. The summed E-state index contributed by atoms with van der Waals surface area (Å²) in [4.78, 5) is 2.46. The fraction of sp³-hybridized carbons (Fsp3) is 0. The van der Waals surface area contributed by atoms with E-state index >= 15 is 0 Å². The highest BCUT2D eigenvalue weighted by Crippen LogP contribution is 2.49. The minimum Gasteiger partial charge on any atom is -0.310 e. The van der Waals surface area contributed by atoms with Gasteiger partial charge in [-0.1, -0.05) is 164 Å². The van der Waals surface area contributed by atoms with Crippen molar-refractivity contribution in [2.45, 2.75) is 0 Å². The summed E-state index contributed by atoms with van der Waals surface area (Å²) in [5.74, 6) is 0. The Kier molecular flexibility index (Phi) is 7.18. The lowest BCUT2D eigenvalue weighted by Gasteiger charge is -2.28. The highest BCUT2D eigenvalue weighted by atomic mass is 15.1. The van der Waals surface area contributed by atoms with Crippen molar-refractivity contribution in [2.24, 2.45) is 0 Å².